The normalized spacial score (nSPS) is 11.6. The number of nitrogens with one attached hydrogen (secondary N) is 1. The Hall–Kier alpha value is -2.73. The highest BCUT2D eigenvalue weighted by Crippen LogP contribution is 2.30. The van der Waals surface area contributed by atoms with Gasteiger partial charge in [-0.3, -0.25) is 0 Å². The van der Waals surface area contributed by atoms with E-state index in [1.807, 2.05) is 36.4 Å². The minimum atomic E-state index is 0.675. The Kier molecular flexibility index (Phi) is 6.43. The fourth-order valence-electron chi connectivity index (χ4n) is 3.09. The van der Waals surface area contributed by atoms with Crippen LogP contribution in [-0.4, -0.2) is 42.1 Å². The van der Waals surface area contributed by atoms with Gasteiger partial charge in [-0.05, 0) is 67.0 Å². The van der Waals surface area contributed by atoms with Gasteiger partial charge in [0.2, 0.25) is 0 Å². The number of nitrogens with zero attached hydrogens (tertiary/aromatic N) is 3. The molecule has 0 fully saturated rings. The molecule has 0 saturated carbocycles. The number of fused-ring (bicyclic) bond motifs is 1. The van der Waals surface area contributed by atoms with E-state index in [2.05, 4.69) is 60.0 Å². The fourth-order valence-corrected chi connectivity index (χ4v) is 3.94. The highest BCUT2D eigenvalue weighted by molar-refractivity contribution is 7.13. The van der Waals surface area contributed by atoms with Gasteiger partial charge in [0.15, 0.2) is 5.82 Å². The van der Waals surface area contributed by atoms with Gasteiger partial charge in [0.25, 0.3) is 0 Å². The summed E-state index contributed by atoms with van der Waals surface area (Å²) in [5.41, 5.74) is 3.16. The molecule has 0 bridgehead atoms. The molecule has 152 valence electrons. The van der Waals surface area contributed by atoms with Crippen molar-refractivity contribution in [2.75, 3.05) is 32.5 Å². The van der Waals surface area contributed by atoms with Gasteiger partial charge in [0.1, 0.15) is 5.82 Å². The van der Waals surface area contributed by atoms with E-state index in [0.29, 0.717) is 5.82 Å². The van der Waals surface area contributed by atoms with Gasteiger partial charge in [-0.25, -0.2) is 9.97 Å². The van der Waals surface area contributed by atoms with Crippen molar-refractivity contribution >= 4 is 51.8 Å². The molecule has 4 nitrogen and oxygen atoms in total. The summed E-state index contributed by atoms with van der Waals surface area (Å²) in [7, 11) is 4.13. The number of benzene rings is 2. The molecule has 0 radical (unpaired) electrons. The van der Waals surface area contributed by atoms with Crippen LogP contribution in [-0.2, 0) is 0 Å². The molecule has 4 aromatic rings. The van der Waals surface area contributed by atoms with Crippen molar-refractivity contribution in [2.24, 2.45) is 0 Å². The molecule has 4 rings (SSSR count). The van der Waals surface area contributed by atoms with E-state index in [1.54, 1.807) is 11.3 Å². The lowest BCUT2D eigenvalue weighted by Gasteiger charge is -2.13. The maximum Gasteiger partial charge on any atom is 0.154 e. The zero-order valence-electron chi connectivity index (χ0n) is 17.0. The first-order chi connectivity index (χ1) is 14.6. The van der Waals surface area contributed by atoms with Gasteiger partial charge in [0.05, 0.1) is 5.52 Å². The predicted molar refractivity (Wildman–Crippen MR) is 130 cm³/mol. The van der Waals surface area contributed by atoms with E-state index in [0.717, 1.165) is 40.4 Å². The first-order valence-electron chi connectivity index (χ1n) is 9.76. The van der Waals surface area contributed by atoms with Crippen LogP contribution in [0.25, 0.3) is 33.5 Å². The van der Waals surface area contributed by atoms with Crippen molar-refractivity contribution in [3.63, 3.8) is 0 Å². The van der Waals surface area contributed by atoms with E-state index in [4.69, 9.17) is 21.6 Å². The van der Waals surface area contributed by atoms with Crippen LogP contribution in [0.5, 0.6) is 0 Å². The Morgan fingerprint density at radius 2 is 1.87 bits per heavy atom. The summed E-state index contributed by atoms with van der Waals surface area (Å²) in [5.74, 6) is 1.53. The topological polar surface area (TPSA) is 41.0 Å². The summed E-state index contributed by atoms with van der Waals surface area (Å²) < 4.78 is 0. The molecule has 6 heteroatoms. The Morgan fingerprint density at radius 3 is 2.60 bits per heavy atom. The average Bonchev–Trinajstić information content (AvgIpc) is 3.28. The fraction of sp³-hybridized carbons (Fsp3) is 0.167. The summed E-state index contributed by atoms with van der Waals surface area (Å²) >= 11 is 7.71. The van der Waals surface area contributed by atoms with Crippen LogP contribution in [0.3, 0.4) is 0 Å². The lowest BCUT2D eigenvalue weighted by molar-refractivity contribution is 0.425. The zero-order chi connectivity index (χ0) is 20.9. The Labute approximate surface area is 185 Å². The smallest absolute Gasteiger partial charge is 0.154 e. The van der Waals surface area contributed by atoms with Crippen LogP contribution in [0.1, 0.15) is 11.4 Å². The van der Waals surface area contributed by atoms with Crippen molar-refractivity contribution in [3.8, 4) is 10.4 Å². The predicted octanol–water partition coefficient (Wildman–Crippen LogP) is 6.16. The first-order valence-corrected chi connectivity index (χ1v) is 11.0. The molecule has 2 aromatic carbocycles. The lowest BCUT2D eigenvalue weighted by Crippen LogP contribution is -2.21. The number of hydrogen-bond acceptors (Lipinski definition) is 5. The van der Waals surface area contributed by atoms with Crippen molar-refractivity contribution < 1.29 is 0 Å². The van der Waals surface area contributed by atoms with Gasteiger partial charge in [-0.15, -0.1) is 11.3 Å². The number of halogens is 1. The maximum absolute atomic E-state index is 5.98. The van der Waals surface area contributed by atoms with E-state index >= 15 is 0 Å². The molecular weight excluding hydrogens is 412 g/mol. The van der Waals surface area contributed by atoms with Crippen LogP contribution in [0.2, 0.25) is 5.02 Å². The number of aromatic nitrogens is 2. The summed E-state index contributed by atoms with van der Waals surface area (Å²) in [5, 5.41) is 7.35. The molecule has 0 amide bonds. The van der Waals surface area contributed by atoms with Gasteiger partial charge in [0, 0.05) is 28.4 Å². The minimum Gasteiger partial charge on any atom is -0.368 e. The summed E-state index contributed by atoms with van der Waals surface area (Å²) in [6, 6.07) is 18.3. The average molecular weight is 435 g/mol. The third kappa shape index (κ3) is 5.05. The van der Waals surface area contributed by atoms with E-state index in [1.165, 1.54) is 10.4 Å². The standard InChI is InChI=1S/C24H23ClN4S/c1-29(2)14-13-26-24-20-16-18(22-4-3-15-30-22)8-11-21(20)27-23(28-24)12-7-17-5-9-19(25)10-6-17/h3-12,15-16H,13-14H2,1-2H3,(H,26,27,28)/b12-7+. The number of anilines is 1. The van der Waals surface area contributed by atoms with Crippen molar-refractivity contribution in [2.45, 2.75) is 0 Å². The number of rotatable bonds is 7. The highest BCUT2D eigenvalue weighted by atomic mass is 35.5. The van der Waals surface area contributed by atoms with Gasteiger partial charge >= 0.3 is 0 Å². The monoisotopic (exact) mass is 434 g/mol. The lowest BCUT2D eigenvalue weighted by atomic mass is 10.1. The molecule has 2 heterocycles. The largest absolute Gasteiger partial charge is 0.368 e. The van der Waals surface area contributed by atoms with Crippen molar-refractivity contribution in [1.29, 1.82) is 0 Å². The van der Waals surface area contributed by atoms with Crippen LogP contribution in [0, 0.1) is 0 Å². The molecule has 0 unspecified atom stereocenters. The highest BCUT2D eigenvalue weighted by Gasteiger charge is 2.09. The SMILES string of the molecule is CN(C)CCNc1nc(/C=C/c2ccc(Cl)cc2)nc2ccc(-c3cccs3)cc12. The van der Waals surface area contributed by atoms with E-state index in [9.17, 15) is 0 Å². The second kappa shape index (κ2) is 9.39. The third-order valence-electron chi connectivity index (χ3n) is 4.67. The van der Waals surface area contributed by atoms with Crippen LogP contribution in [0.15, 0.2) is 60.0 Å². The molecule has 0 atom stereocenters. The Morgan fingerprint density at radius 1 is 1.03 bits per heavy atom. The van der Waals surface area contributed by atoms with Crippen LogP contribution in [0.4, 0.5) is 5.82 Å². The Balaban J connectivity index is 1.70. The Bertz CT molecular complexity index is 1150. The number of likely N-dealkylation sites (N-methyl/N-ethyl adjacent to an activating group) is 1. The molecular formula is C24H23ClN4S. The van der Waals surface area contributed by atoms with E-state index < -0.39 is 0 Å². The summed E-state index contributed by atoms with van der Waals surface area (Å²) in [6.07, 6.45) is 3.94. The number of thiophene rings is 1. The third-order valence-corrected chi connectivity index (χ3v) is 5.84. The molecule has 0 aliphatic rings. The minimum absolute atomic E-state index is 0.675. The van der Waals surface area contributed by atoms with Crippen LogP contribution < -0.4 is 5.32 Å². The molecule has 2 aromatic heterocycles. The maximum atomic E-state index is 5.98. The second-order valence-electron chi connectivity index (χ2n) is 7.25. The van der Waals surface area contributed by atoms with Crippen LogP contribution >= 0.6 is 22.9 Å². The molecule has 0 aliphatic heterocycles. The number of hydrogen-bond donors (Lipinski definition) is 1. The van der Waals surface area contributed by atoms with Gasteiger partial charge < -0.3 is 10.2 Å². The molecule has 0 spiro atoms. The van der Waals surface area contributed by atoms with Crippen molar-refractivity contribution in [3.05, 3.63) is 76.4 Å². The molecule has 0 aliphatic carbocycles. The van der Waals surface area contributed by atoms with Crippen molar-refractivity contribution in [1.82, 2.24) is 14.9 Å². The molecule has 1 N–H and O–H groups in total. The quantitative estimate of drug-likeness (QED) is 0.378. The van der Waals surface area contributed by atoms with Gasteiger partial charge in [-0.1, -0.05) is 41.9 Å². The first kappa shape index (κ1) is 20.5. The van der Waals surface area contributed by atoms with Gasteiger partial charge in [-0.2, -0.15) is 0 Å². The summed E-state index contributed by atoms with van der Waals surface area (Å²) in [6.45, 7) is 1.73. The second-order valence-corrected chi connectivity index (χ2v) is 8.64. The molecule has 30 heavy (non-hydrogen) atoms. The molecule has 0 saturated heterocycles. The van der Waals surface area contributed by atoms with E-state index in [-0.39, 0.29) is 0 Å². The zero-order valence-corrected chi connectivity index (χ0v) is 18.5. The summed E-state index contributed by atoms with van der Waals surface area (Å²) in [4.78, 5) is 13.0.